The maximum Gasteiger partial charge on any atom is 0.0293 e. The first-order valence-electron chi connectivity index (χ1n) is 12.7. The van der Waals surface area contributed by atoms with Gasteiger partial charge in [-0.25, -0.2) is 0 Å². The largest absolute Gasteiger partial charge is 0.251 e. The van der Waals surface area contributed by atoms with Gasteiger partial charge in [0.15, 0.2) is 0 Å². The second kappa shape index (κ2) is 15.7. The maximum absolute atomic E-state index is 3.71. The van der Waals surface area contributed by atoms with E-state index in [4.69, 9.17) is 0 Å². The first-order valence-corrected chi connectivity index (χ1v) is 12.7. The maximum atomic E-state index is 3.71. The summed E-state index contributed by atoms with van der Waals surface area (Å²) < 4.78 is 0. The summed E-state index contributed by atoms with van der Waals surface area (Å²) >= 11 is 0. The number of nitrogens with one attached hydrogen (secondary N) is 2. The van der Waals surface area contributed by atoms with E-state index >= 15 is 0 Å². The van der Waals surface area contributed by atoms with E-state index in [0.29, 0.717) is 11.8 Å². The van der Waals surface area contributed by atoms with Crippen LogP contribution in [0.25, 0.3) is 0 Å². The topological polar surface area (TPSA) is 24.1 Å². The average Bonchev–Trinajstić information content (AvgIpc) is 2.65. The van der Waals surface area contributed by atoms with Crippen LogP contribution in [0, 0.1) is 11.8 Å². The monoisotopic (exact) mass is 396 g/mol. The fourth-order valence-corrected chi connectivity index (χ4v) is 3.75. The second-order valence-corrected chi connectivity index (χ2v) is 10.6. The van der Waals surface area contributed by atoms with Crippen molar-refractivity contribution in [2.45, 2.75) is 156 Å². The Labute approximate surface area is 179 Å². The zero-order chi connectivity index (χ0) is 21.5. The van der Waals surface area contributed by atoms with E-state index < -0.39 is 0 Å². The van der Waals surface area contributed by atoms with Crippen molar-refractivity contribution in [2.75, 3.05) is 0 Å². The van der Waals surface area contributed by atoms with Crippen LogP contribution in [-0.2, 0) is 0 Å². The lowest BCUT2D eigenvalue weighted by molar-refractivity contribution is 0.147. The average molecular weight is 397 g/mol. The summed E-state index contributed by atoms with van der Waals surface area (Å²) in [5.41, 5.74) is 7.67. The molecule has 0 aliphatic rings. The van der Waals surface area contributed by atoms with Crippen molar-refractivity contribution in [3.05, 3.63) is 0 Å². The van der Waals surface area contributed by atoms with Crippen molar-refractivity contribution < 1.29 is 0 Å². The van der Waals surface area contributed by atoms with E-state index in [1.165, 1.54) is 89.9 Å². The van der Waals surface area contributed by atoms with Gasteiger partial charge in [-0.1, -0.05) is 105 Å². The van der Waals surface area contributed by atoms with E-state index in [1.54, 1.807) is 0 Å². The van der Waals surface area contributed by atoms with E-state index in [1.807, 2.05) is 0 Å². The Bertz CT molecular complexity index is 314. The van der Waals surface area contributed by atoms with E-state index in [-0.39, 0.29) is 11.1 Å². The molecule has 0 rings (SSSR count). The smallest absolute Gasteiger partial charge is 0.0293 e. The van der Waals surface area contributed by atoms with Gasteiger partial charge in [0.25, 0.3) is 0 Å². The fraction of sp³-hybridized carbons (Fsp3) is 1.00. The van der Waals surface area contributed by atoms with Crippen molar-refractivity contribution in [3.8, 4) is 0 Å². The van der Waals surface area contributed by atoms with Crippen LogP contribution in [0.15, 0.2) is 0 Å². The van der Waals surface area contributed by atoms with Gasteiger partial charge in [0.1, 0.15) is 0 Å². The van der Waals surface area contributed by atoms with Crippen molar-refractivity contribution in [3.63, 3.8) is 0 Å². The molecule has 0 saturated carbocycles. The third-order valence-corrected chi connectivity index (χ3v) is 7.15. The predicted molar refractivity (Wildman–Crippen MR) is 129 cm³/mol. The molecule has 0 bridgehead atoms. The van der Waals surface area contributed by atoms with Crippen LogP contribution >= 0.6 is 0 Å². The highest BCUT2D eigenvalue weighted by Crippen LogP contribution is 2.25. The quantitative estimate of drug-likeness (QED) is 0.169. The van der Waals surface area contributed by atoms with Crippen molar-refractivity contribution >= 4 is 0 Å². The van der Waals surface area contributed by atoms with Crippen molar-refractivity contribution in [1.29, 1.82) is 0 Å². The van der Waals surface area contributed by atoms with Gasteiger partial charge >= 0.3 is 0 Å². The zero-order valence-corrected chi connectivity index (χ0v) is 21.1. The van der Waals surface area contributed by atoms with Gasteiger partial charge in [0.05, 0.1) is 0 Å². The summed E-state index contributed by atoms with van der Waals surface area (Å²) in [6, 6.07) is 0. The summed E-state index contributed by atoms with van der Waals surface area (Å²) in [6.07, 6.45) is 19.3. The molecule has 2 heteroatoms. The Morgan fingerprint density at radius 2 is 0.786 bits per heavy atom. The van der Waals surface area contributed by atoms with Crippen LogP contribution < -0.4 is 10.9 Å². The lowest BCUT2D eigenvalue weighted by Gasteiger charge is -2.40. The summed E-state index contributed by atoms with van der Waals surface area (Å²) in [4.78, 5) is 0. The molecule has 0 fully saturated rings. The highest BCUT2D eigenvalue weighted by molar-refractivity contribution is 4.87. The molecule has 0 aromatic carbocycles. The molecule has 0 saturated heterocycles. The van der Waals surface area contributed by atoms with Crippen LogP contribution in [0.3, 0.4) is 0 Å². The molecule has 0 aromatic rings. The first kappa shape index (κ1) is 27.9. The lowest BCUT2D eigenvalue weighted by atomic mass is 9.84. The van der Waals surface area contributed by atoms with Gasteiger partial charge in [0.2, 0.25) is 0 Å². The molecule has 0 aliphatic carbocycles. The third-order valence-electron chi connectivity index (χ3n) is 7.15. The molecule has 28 heavy (non-hydrogen) atoms. The summed E-state index contributed by atoms with van der Waals surface area (Å²) in [5, 5.41) is 0. The van der Waals surface area contributed by atoms with Gasteiger partial charge in [-0.15, -0.1) is 0 Å². The van der Waals surface area contributed by atoms with Gasteiger partial charge in [0, 0.05) is 11.1 Å². The molecule has 2 N–H and O–H groups in total. The van der Waals surface area contributed by atoms with Gasteiger partial charge < -0.3 is 0 Å². The minimum Gasteiger partial charge on any atom is -0.251 e. The highest BCUT2D eigenvalue weighted by atomic mass is 15.4. The molecule has 2 nitrogen and oxygen atoms in total. The molecule has 0 spiro atoms. The van der Waals surface area contributed by atoms with E-state index in [2.05, 4.69) is 66.2 Å². The third kappa shape index (κ3) is 13.2. The SMILES string of the molecule is CCCCCCCCC(C)C(C)(C)NNC(C)(C)C(C)CCCCCCCC. The van der Waals surface area contributed by atoms with Crippen LogP contribution in [0.2, 0.25) is 0 Å². The molecule has 0 heterocycles. The van der Waals surface area contributed by atoms with E-state index in [0.717, 1.165) is 0 Å². The number of unbranched alkanes of at least 4 members (excludes halogenated alkanes) is 10. The second-order valence-electron chi connectivity index (χ2n) is 10.6. The van der Waals surface area contributed by atoms with Gasteiger partial charge in [-0.05, 0) is 52.4 Å². The van der Waals surface area contributed by atoms with Crippen LogP contribution in [-0.4, -0.2) is 11.1 Å². The number of hydrogen-bond donors (Lipinski definition) is 2. The minimum atomic E-state index is 0.126. The van der Waals surface area contributed by atoms with Crippen LogP contribution in [0.5, 0.6) is 0 Å². The molecular formula is C26H56N2. The summed E-state index contributed by atoms with van der Waals surface area (Å²) in [6.45, 7) is 18.8. The molecular weight excluding hydrogens is 340 g/mol. The highest BCUT2D eigenvalue weighted by Gasteiger charge is 2.30. The zero-order valence-electron chi connectivity index (χ0n) is 21.1. The Balaban J connectivity index is 4.12. The standard InChI is InChI=1S/C26H56N2/c1-9-11-13-15-17-19-21-23(3)25(5,6)27-28-26(7,8)24(4)22-20-18-16-14-12-10-2/h23-24,27-28H,9-22H2,1-8H3. The normalized spacial score (nSPS) is 15.0. The van der Waals surface area contributed by atoms with Crippen molar-refractivity contribution in [2.24, 2.45) is 11.8 Å². The number of hydrogen-bond acceptors (Lipinski definition) is 2. The summed E-state index contributed by atoms with van der Waals surface area (Å²) in [7, 11) is 0. The number of rotatable bonds is 19. The minimum absolute atomic E-state index is 0.126. The molecule has 170 valence electrons. The number of hydrazine groups is 1. The summed E-state index contributed by atoms with van der Waals surface area (Å²) in [5.74, 6) is 1.35. The fourth-order valence-electron chi connectivity index (χ4n) is 3.75. The Morgan fingerprint density at radius 1 is 0.500 bits per heavy atom. The Kier molecular flexibility index (Phi) is 15.7. The Hall–Kier alpha value is -0.0800. The molecule has 0 amide bonds. The van der Waals surface area contributed by atoms with Gasteiger partial charge in [-0.3, -0.25) is 10.9 Å². The lowest BCUT2D eigenvalue weighted by Crippen LogP contribution is -2.60. The van der Waals surface area contributed by atoms with E-state index in [9.17, 15) is 0 Å². The molecule has 0 radical (unpaired) electrons. The predicted octanol–water partition coefficient (Wildman–Crippen LogP) is 8.41. The molecule has 0 aromatic heterocycles. The molecule has 2 atom stereocenters. The first-order chi connectivity index (χ1) is 13.2. The van der Waals surface area contributed by atoms with Crippen molar-refractivity contribution in [1.82, 2.24) is 10.9 Å². The Morgan fingerprint density at radius 3 is 1.11 bits per heavy atom. The van der Waals surface area contributed by atoms with Crippen LogP contribution in [0.4, 0.5) is 0 Å². The molecule has 2 unspecified atom stereocenters. The van der Waals surface area contributed by atoms with Crippen LogP contribution in [0.1, 0.15) is 145 Å². The molecule has 0 aliphatic heterocycles. The van der Waals surface area contributed by atoms with Gasteiger partial charge in [-0.2, -0.15) is 0 Å².